The van der Waals surface area contributed by atoms with E-state index < -0.39 is 17.7 Å². The number of aliphatic hydroxyl groups is 1. The quantitative estimate of drug-likeness (QED) is 0.769. The molecule has 0 amide bonds. The molecule has 0 fully saturated rings. The van der Waals surface area contributed by atoms with E-state index in [-0.39, 0.29) is 6.54 Å². The van der Waals surface area contributed by atoms with Crippen LogP contribution in [0, 0.1) is 11.6 Å². The van der Waals surface area contributed by atoms with Crippen LogP contribution in [-0.4, -0.2) is 17.8 Å². The first kappa shape index (κ1) is 11.1. The van der Waals surface area contributed by atoms with E-state index in [1.807, 2.05) is 0 Å². The fourth-order valence-electron chi connectivity index (χ4n) is 1.21. The second-order valence-electron chi connectivity index (χ2n) is 3.21. The lowest BCUT2D eigenvalue weighted by Crippen LogP contribution is -2.20. The molecule has 0 aliphatic rings. The molecule has 0 spiro atoms. The van der Waals surface area contributed by atoms with Gasteiger partial charge in [0.1, 0.15) is 11.6 Å². The van der Waals surface area contributed by atoms with Gasteiger partial charge >= 0.3 is 0 Å². The molecular formula is C10H13F2NO. The Labute approximate surface area is 81.4 Å². The molecule has 1 atom stereocenters. The normalized spacial score (nSPS) is 12.9. The summed E-state index contributed by atoms with van der Waals surface area (Å²) < 4.78 is 25.4. The zero-order chi connectivity index (χ0) is 10.6. The van der Waals surface area contributed by atoms with Gasteiger partial charge in [0.25, 0.3) is 0 Å². The number of halogens is 2. The Morgan fingerprint density at radius 2 is 1.79 bits per heavy atom. The summed E-state index contributed by atoms with van der Waals surface area (Å²) >= 11 is 0. The Hall–Kier alpha value is -1.00. The number of hydrogen-bond acceptors (Lipinski definition) is 2. The molecule has 0 heterocycles. The van der Waals surface area contributed by atoms with Gasteiger partial charge in [-0.25, -0.2) is 8.78 Å². The van der Waals surface area contributed by atoms with Crippen molar-refractivity contribution >= 4 is 0 Å². The summed E-state index contributed by atoms with van der Waals surface area (Å²) in [6.45, 7) is 0.164. The van der Waals surface area contributed by atoms with E-state index in [0.717, 1.165) is 6.07 Å². The first-order valence-corrected chi connectivity index (χ1v) is 4.45. The highest BCUT2D eigenvalue weighted by molar-refractivity contribution is 5.17. The van der Waals surface area contributed by atoms with Gasteiger partial charge in [-0.2, -0.15) is 0 Å². The molecule has 4 heteroatoms. The Kier molecular flexibility index (Phi) is 3.98. The van der Waals surface area contributed by atoms with E-state index in [1.165, 1.54) is 12.1 Å². The molecule has 1 aromatic carbocycles. The first-order valence-electron chi connectivity index (χ1n) is 4.45. The number of hydrogen-bond donors (Lipinski definition) is 2. The lowest BCUT2D eigenvalue weighted by atomic mass is 10.1. The van der Waals surface area contributed by atoms with Crippen LogP contribution in [0.25, 0.3) is 0 Å². The molecule has 0 aliphatic heterocycles. The first-order chi connectivity index (χ1) is 6.61. The minimum atomic E-state index is -0.610. The van der Waals surface area contributed by atoms with E-state index in [1.54, 1.807) is 0 Å². The highest BCUT2D eigenvalue weighted by atomic mass is 19.1. The smallest absolute Gasteiger partial charge is 0.126 e. The summed E-state index contributed by atoms with van der Waals surface area (Å²) in [5.74, 6) is -1.19. The Bertz CT molecular complexity index is 284. The van der Waals surface area contributed by atoms with Crippen LogP contribution >= 0.6 is 0 Å². The van der Waals surface area contributed by atoms with Crippen molar-refractivity contribution in [3.8, 4) is 0 Å². The zero-order valence-corrected chi connectivity index (χ0v) is 7.71. The summed E-state index contributed by atoms with van der Waals surface area (Å²) in [6.07, 6.45) is 0.230. The van der Waals surface area contributed by atoms with Crippen LogP contribution in [0.5, 0.6) is 0 Å². The topological polar surface area (TPSA) is 46.2 Å². The third-order valence-electron chi connectivity index (χ3n) is 1.96. The Morgan fingerprint density at radius 1 is 1.21 bits per heavy atom. The van der Waals surface area contributed by atoms with Crippen molar-refractivity contribution in [2.45, 2.75) is 18.9 Å². The van der Waals surface area contributed by atoms with Gasteiger partial charge in [0, 0.05) is 12.6 Å². The number of rotatable bonds is 4. The summed E-state index contributed by atoms with van der Waals surface area (Å²) in [4.78, 5) is 0. The van der Waals surface area contributed by atoms with Gasteiger partial charge in [0.15, 0.2) is 0 Å². The van der Waals surface area contributed by atoms with Crippen molar-refractivity contribution in [3.63, 3.8) is 0 Å². The molecule has 1 aromatic rings. The molecule has 0 aromatic heterocycles. The van der Waals surface area contributed by atoms with Crippen LogP contribution in [-0.2, 0) is 6.42 Å². The molecule has 0 saturated heterocycles. The van der Waals surface area contributed by atoms with Gasteiger partial charge < -0.3 is 10.8 Å². The third kappa shape index (κ3) is 3.40. The number of aliphatic hydroxyl groups excluding tert-OH is 1. The molecule has 1 unspecified atom stereocenters. The maximum atomic E-state index is 12.7. The number of nitrogens with two attached hydrogens (primary N) is 1. The molecule has 0 radical (unpaired) electrons. The van der Waals surface area contributed by atoms with E-state index in [2.05, 4.69) is 0 Å². The molecule has 14 heavy (non-hydrogen) atoms. The summed E-state index contributed by atoms with van der Waals surface area (Å²) in [5, 5.41) is 9.15. The SMILES string of the molecule is NCC(O)CCc1cc(F)cc(F)c1. The Balaban J connectivity index is 2.58. The van der Waals surface area contributed by atoms with E-state index in [0.29, 0.717) is 18.4 Å². The minimum absolute atomic E-state index is 0.164. The predicted molar refractivity (Wildman–Crippen MR) is 49.7 cm³/mol. The van der Waals surface area contributed by atoms with Crippen molar-refractivity contribution in [1.29, 1.82) is 0 Å². The van der Waals surface area contributed by atoms with Crippen LogP contribution < -0.4 is 5.73 Å². The van der Waals surface area contributed by atoms with Crippen LogP contribution in [0.2, 0.25) is 0 Å². The second-order valence-corrected chi connectivity index (χ2v) is 3.21. The maximum absolute atomic E-state index is 12.7. The lowest BCUT2D eigenvalue weighted by molar-refractivity contribution is 0.173. The summed E-state index contributed by atoms with van der Waals surface area (Å²) in [5.41, 5.74) is 5.73. The van der Waals surface area contributed by atoms with E-state index in [9.17, 15) is 8.78 Å². The van der Waals surface area contributed by atoms with Gasteiger partial charge in [0.05, 0.1) is 6.10 Å². The fraction of sp³-hybridized carbons (Fsp3) is 0.400. The summed E-state index contributed by atoms with van der Waals surface area (Å²) in [7, 11) is 0. The lowest BCUT2D eigenvalue weighted by Gasteiger charge is -2.07. The highest BCUT2D eigenvalue weighted by Gasteiger charge is 2.04. The molecule has 78 valence electrons. The minimum Gasteiger partial charge on any atom is -0.392 e. The second kappa shape index (κ2) is 5.02. The van der Waals surface area contributed by atoms with Crippen molar-refractivity contribution in [1.82, 2.24) is 0 Å². The fourth-order valence-corrected chi connectivity index (χ4v) is 1.21. The van der Waals surface area contributed by atoms with Gasteiger partial charge in [0.2, 0.25) is 0 Å². The van der Waals surface area contributed by atoms with Crippen LogP contribution in [0.4, 0.5) is 8.78 Å². The molecule has 1 rings (SSSR count). The van der Waals surface area contributed by atoms with Gasteiger partial charge in [-0.05, 0) is 30.5 Å². The molecule has 0 bridgehead atoms. The molecule has 3 N–H and O–H groups in total. The van der Waals surface area contributed by atoms with Crippen molar-refractivity contribution in [2.24, 2.45) is 5.73 Å². The largest absolute Gasteiger partial charge is 0.392 e. The molecule has 0 saturated carbocycles. The molecular weight excluding hydrogens is 188 g/mol. The average molecular weight is 201 g/mol. The molecule has 2 nitrogen and oxygen atoms in total. The third-order valence-corrected chi connectivity index (χ3v) is 1.96. The maximum Gasteiger partial charge on any atom is 0.126 e. The van der Waals surface area contributed by atoms with Crippen molar-refractivity contribution in [2.75, 3.05) is 6.54 Å². The van der Waals surface area contributed by atoms with E-state index in [4.69, 9.17) is 10.8 Å². The van der Waals surface area contributed by atoms with Crippen molar-refractivity contribution in [3.05, 3.63) is 35.4 Å². The summed E-state index contributed by atoms with van der Waals surface area (Å²) in [6, 6.07) is 3.33. The number of benzene rings is 1. The van der Waals surface area contributed by atoms with Crippen molar-refractivity contribution < 1.29 is 13.9 Å². The predicted octanol–water partition coefficient (Wildman–Crippen LogP) is 1.22. The highest BCUT2D eigenvalue weighted by Crippen LogP contribution is 2.10. The molecule has 0 aliphatic carbocycles. The van der Waals surface area contributed by atoms with Gasteiger partial charge in [-0.1, -0.05) is 0 Å². The average Bonchev–Trinajstić information content (AvgIpc) is 2.12. The number of aryl methyl sites for hydroxylation is 1. The van der Waals surface area contributed by atoms with Gasteiger partial charge in [-0.15, -0.1) is 0 Å². The zero-order valence-electron chi connectivity index (χ0n) is 7.71. The van der Waals surface area contributed by atoms with Crippen LogP contribution in [0.3, 0.4) is 0 Å². The van der Waals surface area contributed by atoms with E-state index >= 15 is 0 Å². The van der Waals surface area contributed by atoms with Gasteiger partial charge in [-0.3, -0.25) is 0 Å². The Morgan fingerprint density at radius 3 is 2.29 bits per heavy atom. The standard InChI is InChI=1S/C10H13F2NO/c11-8-3-7(4-9(12)5-8)1-2-10(14)6-13/h3-5,10,14H,1-2,6,13H2. The van der Waals surface area contributed by atoms with Crippen LogP contribution in [0.15, 0.2) is 18.2 Å². The monoisotopic (exact) mass is 201 g/mol. The van der Waals surface area contributed by atoms with Crippen LogP contribution in [0.1, 0.15) is 12.0 Å².